The van der Waals surface area contributed by atoms with E-state index in [1.54, 1.807) is 0 Å². The third-order valence-corrected chi connectivity index (χ3v) is 5.63. The van der Waals surface area contributed by atoms with Gasteiger partial charge in [0.25, 0.3) is 0 Å². The van der Waals surface area contributed by atoms with Crippen molar-refractivity contribution in [3.63, 3.8) is 0 Å². The molecular formula is C18H29N5O. The van der Waals surface area contributed by atoms with Gasteiger partial charge in [-0.2, -0.15) is 9.97 Å². The lowest BCUT2D eigenvalue weighted by Crippen LogP contribution is -2.44. The van der Waals surface area contributed by atoms with E-state index < -0.39 is 0 Å². The van der Waals surface area contributed by atoms with E-state index in [4.69, 9.17) is 14.7 Å². The van der Waals surface area contributed by atoms with Gasteiger partial charge in [0.1, 0.15) is 12.4 Å². The standard InChI is InChI=1S/C18H29N5O/c1-22-10-4-5-14(22)13-24-18-20-16-7-3-2-6-15(16)17(21-18)23-11-8-19-9-12-23/h14,19H,2-13H2,1H3. The molecular weight excluding hydrogens is 302 g/mol. The van der Waals surface area contributed by atoms with Crippen LogP contribution in [0.3, 0.4) is 0 Å². The van der Waals surface area contributed by atoms with Crippen molar-refractivity contribution in [1.82, 2.24) is 20.2 Å². The summed E-state index contributed by atoms with van der Waals surface area (Å²) < 4.78 is 6.05. The first-order chi connectivity index (χ1) is 11.8. The van der Waals surface area contributed by atoms with Crippen LogP contribution >= 0.6 is 0 Å². The SMILES string of the molecule is CN1CCCC1COc1nc2c(c(N3CCNCC3)n1)CCCC2. The third kappa shape index (κ3) is 3.35. The average molecular weight is 331 g/mol. The number of nitrogens with zero attached hydrogens (tertiary/aromatic N) is 4. The number of hydrogen-bond donors (Lipinski definition) is 1. The van der Waals surface area contributed by atoms with Gasteiger partial charge in [0.05, 0.1) is 5.69 Å². The highest BCUT2D eigenvalue weighted by atomic mass is 16.5. The molecule has 1 aliphatic carbocycles. The van der Waals surface area contributed by atoms with E-state index >= 15 is 0 Å². The predicted molar refractivity (Wildman–Crippen MR) is 94.9 cm³/mol. The van der Waals surface area contributed by atoms with Crippen LogP contribution in [0.25, 0.3) is 0 Å². The predicted octanol–water partition coefficient (Wildman–Crippen LogP) is 1.24. The molecule has 3 aliphatic rings. The molecule has 1 aromatic rings. The summed E-state index contributed by atoms with van der Waals surface area (Å²) in [5, 5.41) is 3.42. The second-order valence-corrected chi connectivity index (χ2v) is 7.29. The molecule has 1 aromatic heterocycles. The minimum Gasteiger partial charge on any atom is -0.462 e. The lowest BCUT2D eigenvalue weighted by molar-refractivity contribution is 0.187. The van der Waals surface area contributed by atoms with Crippen LogP contribution in [0.4, 0.5) is 5.82 Å². The summed E-state index contributed by atoms with van der Waals surface area (Å²) in [7, 11) is 2.18. The largest absolute Gasteiger partial charge is 0.462 e. The maximum Gasteiger partial charge on any atom is 0.318 e. The van der Waals surface area contributed by atoms with Crippen molar-refractivity contribution >= 4 is 5.82 Å². The van der Waals surface area contributed by atoms with Crippen LogP contribution in [-0.2, 0) is 12.8 Å². The number of aromatic nitrogens is 2. The van der Waals surface area contributed by atoms with Crippen LogP contribution in [0.15, 0.2) is 0 Å². The van der Waals surface area contributed by atoms with E-state index in [0.29, 0.717) is 18.7 Å². The van der Waals surface area contributed by atoms with Crippen LogP contribution in [0, 0.1) is 0 Å². The van der Waals surface area contributed by atoms with E-state index in [2.05, 4.69) is 22.2 Å². The van der Waals surface area contributed by atoms with Crippen LogP contribution in [-0.4, -0.2) is 67.3 Å². The fraction of sp³-hybridized carbons (Fsp3) is 0.778. The summed E-state index contributed by atoms with van der Waals surface area (Å²) >= 11 is 0. The quantitative estimate of drug-likeness (QED) is 0.896. The number of aryl methyl sites for hydroxylation is 1. The molecule has 24 heavy (non-hydrogen) atoms. The summed E-state index contributed by atoms with van der Waals surface area (Å²) in [6.07, 6.45) is 7.14. The monoisotopic (exact) mass is 331 g/mol. The second kappa shape index (κ2) is 7.23. The van der Waals surface area contributed by atoms with Gasteiger partial charge in [-0.05, 0) is 52.1 Å². The molecule has 0 aromatic carbocycles. The Morgan fingerprint density at radius 3 is 2.71 bits per heavy atom. The third-order valence-electron chi connectivity index (χ3n) is 5.63. The lowest BCUT2D eigenvalue weighted by Gasteiger charge is -2.32. The molecule has 0 amide bonds. The molecule has 0 bridgehead atoms. The van der Waals surface area contributed by atoms with E-state index in [1.807, 2.05) is 0 Å². The Balaban J connectivity index is 1.55. The number of fused-ring (bicyclic) bond motifs is 1. The zero-order chi connectivity index (χ0) is 16.4. The van der Waals surface area contributed by atoms with E-state index in [0.717, 1.165) is 44.8 Å². The molecule has 3 heterocycles. The molecule has 6 heteroatoms. The minimum atomic E-state index is 0.507. The highest BCUT2D eigenvalue weighted by Crippen LogP contribution is 2.30. The number of rotatable bonds is 4. The number of likely N-dealkylation sites (tertiary alicyclic amines) is 1. The molecule has 1 N–H and O–H groups in total. The summed E-state index contributed by atoms with van der Waals surface area (Å²) in [4.78, 5) is 14.4. The smallest absolute Gasteiger partial charge is 0.318 e. The van der Waals surface area contributed by atoms with Gasteiger partial charge in [0.15, 0.2) is 0 Å². The van der Waals surface area contributed by atoms with Crippen molar-refractivity contribution in [1.29, 1.82) is 0 Å². The van der Waals surface area contributed by atoms with Crippen molar-refractivity contribution in [2.75, 3.05) is 51.3 Å². The molecule has 1 atom stereocenters. The topological polar surface area (TPSA) is 53.5 Å². The van der Waals surface area contributed by atoms with Crippen LogP contribution in [0.1, 0.15) is 36.9 Å². The van der Waals surface area contributed by atoms with Crippen LogP contribution in [0.5, 0.6) is 6.01 Å². The van der Waals surface area contributed by atoms with E-state index in [9.17, 15) is 0 Å². The Hall–Kier alpha value is -1.40. The van der Waals surface area contributed by atoms with Gasteiger partial charge in [0.2, 0.25) is 0 Å². The number of ether oxygens (including phenoxy) is 1. The molecule has 0 spiro atoms. The molecule has 2 fully saturated rings. The van der Waals surface area contributed by atoms with Crippen molar-refractivity contribution in [3.8, 4) is 6.01 Å². The summed E-state index contributed by atoms with van der Waals surface area (Å²) in [6.45, 7) is 5.98. The van der Waals surface area contributed by atoms with Gasteiger partial charge < -0.3 is 19.9 Å². The Kier molecular flexibility index (Phi) is 4.85. The highest BCUT2D eigenvalue weighted by Gasteiger charge is 2.25. The maximum atomic E-state index is 6.05. The first-order valence-electron chi connectivity index (χ1n) is 9.50. The summed E-state index contributed by atoms with van der Waals surface area (Å²) in [6, 6.07) is 1.09. The zero-order valence-electron chi connectivity index (χ0n) is 14.8. The molecule has 0 radical (unpaired) electrons. The van der Waals surface area contributed by atoms with Gasteiger partial charge in [-0.1, -0.05) is 0 Å². The number of likely N-dealkylation sites (N-methyl/N-ethyl adjacent to an activating group) is 1. The van der Waals surface area contributed by atoms with Crippen LogP contribution < -0.4 is 15.0 Å². The zero-order valence-corrected chi connectivity index (χ0v) is 14.8. The summed E-state index contributed by atoms with van der Waals surface area (Å²) in [5.74, 6) is 1.14. The van der Waals surface area contributed by atoms with Crippen molar-refractivity contribution in [2.24, 2.45) is 0 Å². The van der Waals surface area contributed by atoms with Crippen molar-refractivity contribution < 1.29 is 4.74 Å². The number of piperazine rings is 1. The summed E-state index contributed by atoms with van der Waals surface area (Å²) in [5.41, 5.74) is 2.59. The first-order valence-corrected chi connectivity index (χ1v) is 9.50. The van der Waals surface area contributed by atoms with Gasteiger partial charge in [-0.25, -0.2) is 0 Å². The Morgan fingerprint density at radius 2 is 1.92 bits per heavy atom. The van der Waals surface area contributed by atoms with Gasteiger partial charge in [0, 0.05) is 37.8 Å². The number of anilines is 1. The molecule has 2 saturated heterocycles. The Bertz CT molecular complexity index is 573. The first kappa shape index (κ1) is 16.1. The van der Waals surface area contributed by atoms with Crippen molar-refractivity contribution in [2.45, 2.75) is 44.6 Å². The maximum absolute atomic E-state index is 6.05. The van der Waals surface area contributed by atoms with Gasteiger partial charge in [-0.15, -0.1) is 0 Å². The van der Waals surface area contributed by atoms with E-state index in [1.165, 1.54) is 43.5 Å². The van der Waals surface area contributed by atoms with Crippen LogP contribution in [0.2, 0.25) is 0 Å². The van der Waals surface area contributed by atoms with Gasteiger partial charge >= 0.3 is 6.01 Å². The molecule has 1 unspecified atom stereocenters. The molecule has 2 aliphatic heterocycles. The minimum absolute atomic E-state index is 0.507. The average Bonchev–Trinajstić information content (AvgIpc) is 3.05. The molecule has 0 saturated carbocycles. The number of nitrogens with one attached hydrogen (secondary N) is 1. The Labute approximate surface area is 144 Å². The van der Waals surface area contributed by atoms with E-state index in [-0.39, 0.29) is 0 Å². The van der Waals surface area contributed by atoms with Crippen molar-refractivity contribution in [3.05, 3.63) is 11.3 Å². The Morgan fingerprint density at radius 1 is 1.08 bits per heavy atom. The molecule has 6 nitrogen and oxygen atoms in total. The molecule has 4 rings (SSSR count). The fourth-order valence-electron chi connectivity index (χ4n) is 4.12. The molecule has 132 valence electrons. The normalized spacial score (nSPS) is 24.9. The number of hydrogen-bond acceptors (Lipinski definition) is 6. The fourth-order valence-corrected chi connectivity index (χ4v) is 4.12. The second-order valence-electron chi connectivity index (χ2n) is 7.29. The highest BCUT2D eigenvalue weighted by molar-refractivity contribution is 5.51. The van der Waals surface area contributed by atoms with Gasteiger partial charge in [-0.3, -0.25) is 0 Å². The lowest BCUT2D eigenvalue weighted by atomic mass is 9.96.